The zero-order valence-corrected chi connectivity index (χ0v) is 12.0. The largest absolute Gasteiger partial charge is 0.277 e. The lowest BCUT2D eigenvalue weighted by molar-refractivity contribution is -0.384. The molecule has 0 aromatic heterocycles. The van der Waals surface area contributed by atoms with Crippen LogP contribution in [0, 0.1) is 10.1 Å². The number of rotatable bonds is 4. The molecule has 0 saturated carbocycles. The van der Waals surface area contributed by atoms with Gasteiger partial charge in [0.15, 0.2) is 0 Å². The van der Waals surface area contributed by atoms with E-state index in [2.05, 4.69) is 12.1 Å². The average Bonchev–Trinajstić information content (AvgIpc) is 2.56. The minimum Gasteiger partial charge on any atom is -0.258 e. The fraction of sp³-hybridized carbons (Fsp3) is 0.0526. The summed E-state index contributed by atoms with van der Waals surface area (Å²) in [5.41, 5.74) is 4.00. The molecule has 3 aromatic carbocycles. The molecule has 0 radical (unpaired) electrons. The molecule has 0 heterocycles. The second kappa shape index (κ2) is 6.22. The second-order valence-corrected chi connectivity index (χ2v) is 5.09. The minimum absolute atomic E-state index is 0.142. The zero-order chi connectivity index (χ0) is 15.4. The van der Waals surface area contributed by atoms with E-state index in [4.69, 9.17) is 0 Å². The summed E-state index contributed by atoms with van der Waals surface area (Å²) in [7, 11) is 0. The standard InChI is InChI=1S/C19H15NO2/c21-20(22)19-13-7-6-12-18(19)17-11-5-4-10-16(17)14-15-8-2-1-3-9-15/h1-13H,14H2. The Labute approximate surface area is 129 Å². The van der Waals surface area contributed by atoms with Crippen molar-refractivity contribution < 1.29 is 4.92 Å². The van der Waals surface area contributed by atoms with E-state index in [0.29, 0.717) is 5.56 Å². The van der Waals surface area contributed by atoms with Crippen molar-refractivity contribution in [2.24, 2.45) is 0 Å². The summed E-state index contributed by atoms with van der Waals surface area (Å²) < 4.78 is 0. The molecule has 0 N–H and O–H groups in total. The first-order valence-corrected chi connectivity index (χ1v) is 7.11. The van der Waals surface area contributed by atoms with Crippen LogP contribution in [-0.2, 0) is 6.42 Å². The van der Waals surface area contributed by atoms with Gasteiger partial charge in [-0.15, -0.1) is 0 Å². The maximum Gasteiger partial charge on any atom is 0.277 e. The summed E-state index contributed by atoms with van der Waals surface area (Å²) in [6.45, 7) is 0. The molecule has 22 heavy (non-hydrogen) atoms. The van der Waals surface area contributed by atoms with Crippen molar-refractivity contribution in [3.05, 3.63) is 100 Å². The fourth-order valence-corrected chi connectivity index (χ4v) is 2.61. The molecule has 0 spiro atoms. The number of nitrogens with zero attached hydrogens (tertiary/aromatic N) is 1. The van der Waals surface area contributed by atoms with Crippen molar-refractivity contribution in [2.45, 2.75) is 6.42 Å². The molecule has 3 aromatic rings. The quantitative estimate of drug-likeness (QED) is 0.509. The summed E-state index contributed by atoms with van der Waals surface area (Å²) in [5.74, 6) is 0. The highest BCUT2D eigenvalue weighted by Crippen LogP contribution is 2.32. The van der Waals surface area contributed by atoms with Crippen LogP contribution >= 0.6 is 0 Å². The van der Waals surface area contributed by atoms with E-state index in [0.717, 1.165) is 17.5 Å². The van der Waals surface area contributed by atoms with Gasteiger partial charge < -0.3 is 0 Å². The molecule has 3 nitrogen and oxygen atoms in total. The predicted octanol–water partition coefficient (Wildman–Crippen LogP) is 4.85. The van der Waals surface area contributed by atoms with Crippen LogP contribution in [0.3, 0.4) is 0 Å². The Hall–Kier alpha value is -2.94. The topological polar surface area (TPSA) is 43.1 Å². The Bertz CT molecular complexity index is 797. The normalized spacial score (nSPS) is 10.4. The van der Waals surface area contributed by atoms with Gasteiger partial charge >= 0.3 is 0 Å². The maximum absolute atomic E-state index is 11.3. The molecule has 0 saturated heterocycles. The average molecular weight is 289 g/mol. The summed E-state index contributed by atoms with van der Waals surface area (Å²) in [6.07, 6.45) is 0.753. The van der Waals surface area contributed by atoms with Crippen LogP contribution in [0.25, 0.3) is 11.1 Å². The van der Waals surface area contributed by atoms with Gasteiger partial charge in [-0.05, 0) is 29.2 Å². The van der Waals surface area contributed by atoms with Crippen molar-refractivity contribution >= 4 is 5.69 Å². The highest BCUT2D eigenvalue weighted by atomic mass is 16.6. The number of hydrogen-bond donors (Lipinski definition) is 0. The first-order chi connectivity index (χ1) is 10.8. The highest BCUT2D eigenvalue weighted by Gasteiger charge is 2.16. The smallest absolute Gasteiger partial charge is 0.258 e. The molecule has 0 aliphatic carbocycles. The number of benzene rings is 3. The zero-order valence-electron chi connectivity index (χ0n) is 12.0. The van der Waals surface area contributed by atoms with Gasteiger partial charge in [0.05, 0.1) is 10.5 Å². The van der Waals surface area contributed by atoms with E-state index in [1.807, 2.05) is 54.6 Å². The monoisotopic (exact) mass is 289 g/mol. The molecule has 3 heteroatoms. The van der Waals surface area contributed by atoms with Crippen LogP contribution in [0.1, 0.15) is 11.1 Å². The van der Waals surface area contributed by atoms with Crippen LogP contribution in [0.4, 0.5) is 5.69 Å². The van der Waals surface area contributed by atoms with Crippen LogP contribution in [0.15, 0.2) is 78.9 Å². The third-order valence-corrected chi connectivity index (χ3v) is 3.65. The Morgan fingerprint density at radius 3 is 2.05 bits per heavy atom. The molecular formula is C19H15NO2. The number of para-hydroxylation sites is 1. The summed E-state index contributed by atoms with van der Waals surface area (Å²) >= 11 is 0. The molecule has 0 bridgehead atoms. The lowest BCUT2D eigenvalue weighted by Gasteiger charge is -2.10. The fourth-order valence-electron chi connectivity index (χ4n) is 2.61. The Morgan fingerprint density at radius 2 is 1.32 bits per heavy atom. The van der Waals surface area contributed by atoms with Gasteiger partial charge in [-0.1, -0.05) is 66.7 Å². The Kier molecular flexibility index (Phi) is 3.97. The van der Waals surface area contributed by atoms with Crippen molar-refractivity contribution in [1.82, 2.24) is 0 Å². The molecule has 0 aliphatic rings. The summed E-state index contributed by atoms with van der Waals surface area (Å²) in [6, 6.07) is 24.9. The molecule has 108 valence electrons. The van der Waals surface area contributed by atoms with Crippen molar-refractivity contribution in [3.63, 3.8) is 0 Å². The first kappa shape index (κ1) is 14.0. The number of nitro groups is 1. The lowest BCUT2D eigenvalue weighted by atomic mass is 9.94. The molecular weight excluding hydrogens is 274 g/mol. The Balaban J connectivity index is 2.08. The molecule has 3 rings (SSSR count). The van der Waals surface area contributed by atoms with Gasteiger partial charge in [0.25, 0.3) is 5.69 Å². The van der Waals surface area contributed by atoms with E-state index in [9.17, 15) is 10.1 Å². The number of nitro benzene ring substituents is 1. The molecule has 0 amide bonds. The van der Waals surface area contributed by atoms with Crippen LogP contribution in [-0.4, -0.2) is 4.92 Å². The van der Waals surface area contributed by atoms with E-state index in [-0.39, 0.29) is 10.6 Å². The second-order valence-electron chi connectivity index (χ2n) is 5.09. The van der Waals surface area contributed by atoms with Crippen molar-refractivity contribution in [3.8, 4) is 11.1 Å². The summed E-state index contributed by atoms with van der Waals surface area (Å²) in [5, 5.41) is 11.3. The predicted molar refractivity (Wildman–Crippen MR) is 87.8 cm³/mol. The van der Waals surface area contributed by atoms with Crippen molar-refractivity contribution in [2.75, 3.05) is 0 Å². The maximum atomic E-state index is 11.3. The van der Waals surface area contributed by atoms with Gasteiger partial charge in [0.1, 0.15) is 0 Å². The van der Waals surface area contributed by atoms with Gasteiger partial charge in [-0.25, -0.2) is 0 Å². The van der Waals surface area contributed by atoms with Crippen molar-refractivity contribution in [1.29, 1.82) is 0 Å². The highest BCUT2D eigenvalue weighted by molar-refractivity contribution is 5.76. The van der Waals surface area contributed by atoms with E-state index >= 15 is 0 Å². The van der Waals surface area contributed by atoms with Gasteiger partial charge in [-0.3, -0.25) is 10.1 Å². The summed E-state index contributed by atoms with van der Waals surface area (Å²) in [4.78, 5) is 10.9. The first-order valence-electron chi connectivity index (χ1n) is 7.11. The van der Waals surface area contributed by atoms with Crippen LogP contribution < -0.4 is 0 Å². The van der Waals surface area contributed by atoms with Gasteiger partial charge in [0.2, 0.25) is 0 Å². The molecule has 0 unspecified atom stereocenters. The van der Waals surface area contributed by atoms with Crippen LogP contribution in [0.5, 0.6) is 0 Å². The third-order valence-electron chi connectivity index (χ3n) is 3.65. The molecule has 0 fully saturated rings. The van der Waals surface area contributed by atoms with E-state index in [1.165, 1.54) is 5.56 Å². The minimum atomic E-state index is -0.325. The van der Waals surface area contributed by atoms with Gasteiger partial charge in [-0.2, -0.15) is 0 Å². The van der Waals surface area contributed by atoms with E-state index in [1.54, 1.807) is 12.1 Å². The molecule has 0 atom stereocenters. The van der Waals surface area contributed by atoms with E-state index < -0.39 is 0 Å². The SMILES string of the molecule is O=[N+]([O-])c1ccccc1-c1ccccc1Cc1ccccc1. The van der Waals surface area contributed by atoms with Crippen LogP contribution in [0.2, 0.25) is 0 Å². The Morgan fingerprint density at radius 1 is 0.727 bits per heavy atom. The lowest BCUT2D eigenvalue weighted by Crippen LogP contribution is -1.96. The molecule has 0 aliphatic heterocycles. The number of hydrogen-bond acceptors (Lipinski definition) is 2. The van der Waals surface area contributed by atoms with Gasteiger partial charge in [0, 0.05) is 6.07 Å². The third kappa shape index (κ3) is 2.88.